The largest absolute Gasteiger partial charge is 0.315 e. The molecule has 0 spiro atoms. The Morgan fingerprint density at radius 3 is 1.72 bits per heavy atom. The van der Waals surface area contributed by atoms with Crippen LogP contribution in [-0.4, -0.2) is 33.8 Å². The molecule has 0 atom stereocenters. The van der Waals surface area contributed by atoms with E-state index in [1.165, 1.54) is 0 Å². The first-order valence-electron chi connectivity index (χ1n) is 8.67. The Morgan fingerprint density at radius 2 is 1.36 bits per heavy atom. The number of amides is 1. The number of guanidine groups is 1. The van der Waals surface area contributed by atoms with Gasteiger partial charge >= 0.3 is 0 Å². The molecule has 1 saturated heterocycles. The van der Waals surface area contributed by atoms with Gasteiger partial charge in [0.15, 0.2) is 5.54 Å². The molecule has 4 nitrogen and oxygen atoms in total. The second kappa shape index (κ2) is 6.03. The highest BCUT2D eigenvalue weighted by atomic mass is 16.2. The van der Waals surface area contributed by atoms with Gasteiger partial charge in [-0.1, -0.05) is 60.7 Å². The highest BCUT2D eigenvalue weighted by Crippen LogP contribution is 2.46. The summed E-state index contributed by atoms with van der Waals surface area (Å²) < 4.78 is 0. The van der Waals surface area contributed by atoms with E-state index in [-0.39, 0.29) is 11.9 Å². The standard InChI is InChI=1S/C21H25N3O/c1-5-23-18(25)21(16-12-8-6-9-13-16,17-14-10-7-11-15-17)24(19(23)22)20(2,3)4/h6-15,22H,5H2,1-4H3. The highest BCUT2D eigenvalue weighted by molar-refractivity contribution is 6.10. The molecule has 1 aliphatic heterocycles. The van der Waals surface area contributed by atoms with Crippen LogP contribution in [0.25, 0.3) is 0 Å². The van der Waals surface area contributed by atoms with Gasteiger partial charge in [0.05, 0.1) is 0 Å². The summed E-state index contributed by atoms with van der Waals surface area (Å²) in [5, 5.41) is 8.73. The van der Waals surface area contributed by atoms with Gasteiger partial charge in [0.25, 0.3) is 5.91 Å². The first-order chi connectivity index (χ1) is 11.8. The molecule has 0 saturated carbocycles. The summed E-state index contributed by atoms with van der Waals surface area (Å²) in [4.78, 5) is 17.2. The van der Waals surface area contributed by atoms with Crippen molar-refractivity contribution in [3.05, 3.63) is 71.8 Å². The number of likely N-dealkylation sites (N-methyl/N-ethyl adjacent to an activating group) is 1. The SMILES string of the molecule is CCN1C(=N)N(C(C)(C)C)C(c2ccccc2)(c2ccccc2)C1=O. The third-order valence-electron chi connectivity index (χ3n) is 4.73. The van der Waals surface area contributed by atoms with Crippen LogP contribution in [0.1, 0.15) is 38.8 Å². The lowest BCUT2D eigenvalue weighted by Gasteiger charge is -2.45. The van der Waals surface area contributed by atoms with Gasteiger partial charge in [-0.3, -0.25) is 15.1 Å². The van der Waals surface area contributed by atoms with E-state index in [2.05, 4.69) is 20.8 Å². The van der Waals surface area contributed by atoms with Crippen LogP contribution in [0.4, 0.5) is 0 Å². The van der Waals surface area contributed by atoms with Gasteiger partial charge in [0, 0.05) is 12.1 Å². The fraction of sp³-hybridized carbons (Fsp3) is 0.333. The third kappa shape index (κ3) is 2.44. The van der Waals surface area contributed by atoms with Crippen LogP contribution in [0.3, 0.4) is 0 Å². The van der Waals surface area contributed by atoms with Crippen LogP contribution in [0, 0.1) is 5.41 Å². The Labute approximate surface area is 149 Å². The Hall–Kier alpha value is -2.62. The number of hydrogen-bond acceptors (Lipinski definition) is 2. The van der Waals surface area contributed by atoms with Gasteiger partial charge in [-0.05, 0) is 38.8 Å². The molecule has 4 heteroatoms. The Bertz CT molecular complexity index is 738. The smallest absolute Gasteiger partial charge is 0.264 e. The Kier molecular flexibility index (Phi) is 4.15. The van der Waals surface area contributed by atoms with Crippen molar-refractivity contribution in [2.75, 3.05) is 6.54 Å². The minimum absolute atomic E-state index is 0.0627. The molecule has 0 unspecified atom stereocenters. The summed E-state index contributed by atoms with van der Waals surface area (Å²) >= 11 is 0. The fourth-order valence-corrected chi connectivity index (χ4v) is 3.81. The lowest BCUT2D eigenvalue weighted by molar-refractivity contribution is -0.132. The molecular formula is C21H25N3O. The first kappa shape index (κ1) is 17.2. The molecule has 130 valence electrons. The highest BCUT2D eigenvalue weighted by Gasteiger charge is 2.60. The number of nitrogens with one attached hydrogen (secondary N) is 1. The molecule has 1 amide bonds. The molecule has 1 N–H and O–H groups in total. The molecule has 1 heterocycles. The van der Waals surface area contributed by atoms with E-state index in [1.807, 2.05) is 72.5 Å². The molecule has 25 heavy (non-hydrogen) atoms. The first-order valence-corrected chi connectivity index (χ1v) is 8.67. The topological polar surface area (TPSA) is 47.4 Å². The number of hydrogen-bond donors (Lipinski definition) is 1. The number of benzene rings is 2. The summed E-state index contributed by atoms with van der Waals surface area (Å²) in [7, 11) is 0. The van der Waals surface area contributed by atoms with Crippen molar-refractivity contribution in [2.45, 2.75) is 38.8 Å². The molecule has 0 aliphatic carbocycles. The monoisotopic (exact) mass is 335 g/mol. The fourth-order valence-electron chi connectivity index (χ4n) is 3.81. The maximum atomic E-state index is 13.7. The quantitative estimate of drug-likeness (QED) is 0.927. The van der Waals surface area contributed by atoms with Crippen molar-refractivity contribution >= 4 is 11.9 Å². The number of rotatable bonds is 3. The van der Waals surface area contributed by atoms with E-state index >= 15 is 0 Å². The zero-order valence-corrected chi connectivity index (χ0v) is 15.3. The van der Waals surface area contributed by atoms with Crippen molar-refractivity contribution in [2.24, 2.45) is 0 Å². The molecule has 2 aromatic rings. The molecule has 1 aliphatic rings. The summed E-state index contributed by atoms with van der Waals surface area (Å²) in [6.07, 6.45) is 0. The predicted octanol–water partition coefficient (Wildman–Crippen LogP) is 3.83. The van der Waals surface area contributed by atoms with Gasteiger partial charge in [-0.2, -0.15) is 0 Å². The van der Waals surface area contributed by atoms with Gasteiger partial charge in [0.2, 0.25) is 5.96 Å². The second-order valence-electron chi connectivity index (χ2n) is 7.32. The van der Waals surface area contributed by atoms with E-state index < -0.39 is 11.1 Å². The molecular weight excluding hydrogens is 310 g/mol. The molecule has 0 bridgehead atoms. The van der Waals surface area contributed by atoms with Crippen molar-refractivity contribution in [3.8, 4) is 0 Å². The van der Waals surface area contributed by atoms with Crippen LogP contribution in [0.15, 0.2) is 60.7 Å². The maximum absolute atomic E-state index is 13.7. The van der Waals surface area contributed by atoms with E-state index in [0.29, 0.717) is 6.54 Å². The normalized spacial score (nSPS) is 17.3. The lowest BCUT2D eigenvalue weighted by atomic mass is 9.79. The minimum atomic E-state index is -1.02. The number of carbonyl (C=O) groups excluding carboxylic acids is 1. The van der Waals surface area contributed by atoms with Gasteiger partial charge in [0.1, 0.15) is 0 Å². The van der Waals surface area contributed by atoms with Crippen LogP contribution < -0.4 is 0 Å². The summed E-state index contributed by atoms with van der Waals surface area (Å²) in [6.45, 7) is 8.54. The predicted molar refractivity (Wildman–Crippen MR) is 100 cm³/mol. The van der Waals surface area contributed by atoms with Crippen molar-refractivity contribution in [3.63, 3.8) is 0 Å². The van der Waals surface area contributed by atoms with Gasteiger partial charge in [-0.15, -0.1) is 0 Å². The third-order valence-corrected chi connectivity index (χ3v) is 4.73. The molecule has 0 radical (unpaired) electrons. The summed E-state index contributed by atoms with van der Waals surface area (Å²) in [5.74, 6) is 0.194. The average Bonchev–Trinajstić information content (AvgIpc) is 2.84. The van der Waals surface area contributed by atoms with Crippen LogP contribution in [0.5, 0.6) is 0 Å². The maximum Gasteiger partial charge on any atom is 0.264 e. The lowest BCUT2D eigenvalue weighted by Crippen LogP contribution is -2.56. The molecule has 2 aromatic carbocycles. The van der Waals surface area contributed by atoms with E-state index in [9.17, 15) is 4.79 Å². The molecule has 1 fully saturated rings. The second-order valence-corrected chi connectivity index (χ2v) is 7.32. The van der Waals surface area contributed by atoms with Gasteiger partial charge in [-0.25, -0.2) is 0 Å². The Balaban J connectivity index is 2.40. The van der Waals surface area contributed by atoms with Crippen molar-refractivity contribution < 1.29 is 4.79 Å². The van der Waals surface area contributed by atoms with Crippen LogP contribution in [-0.2, 0) is 10.3 Å². The minimum Gasteiger partial charge on any atom is -0.315 e. The van der Waals surface area contributed by atoms with E-state index in [1.54, 1.807) is 4.90 Å². The summed E-state index contributed by atoms with van der Waals surface area (Å²) in [5.41, 5.74) is 0.361. The summed E-state index contributed by atoms with van der Waals surface area (Å²) in [6, 6.07) is 19.6. The van der Waals surface area contributed by atoms with Crippen LogP contribution in [0.2, 0.25) is 0 Å². The van der Waals surface area contributed by atoms with Gasteiger partial charge < -0.3 is 4.90 Å². The average molecular weight is 335 g/mol. The zero-order valence-electron chi connectivity index (χ0n) is 15.3. The van der Waals surface area contributed by atoms with Crippen molar-refractivity contribution in [1.29, 1.82) is 5.41 Å². The van der Waals surface area contributed by atoms with E-state index in [0.717, 1.165) is 11.1 Å². The van der Waals surface area contributed by atoms with Crippen LogP contribution >= 0.6 is 0 Å². The molecule has 3 rings (SSSR count). The zero-order chi connectivity index (χ0) is 18.2. The number of carbonyl (C=O) groups is 1. The van der Waals surface area contributed by atoms with E-state index in [4.69, 9.17) is 5.41 Å². The molecule has 0 aromatic heterocycles. The number of nitrogens with zero attached hydrogens (tertiary/aromatic N) is 2. The Morgan fingerprint density at radius 1 is 0.920 bits per heavy atom. The van der Waals surface area contributed by atoms with Crippen molar-refractivity contribution in [1.82, 2.24) is 9.80 Å².